The Labute approximate surface area is 127 Å². The zero-order valence-electron chi connectivity index (χ0n) is 12.2. The van der Waals surface area contributed by atoms with Gasteiger partial charge in [-0.05, 0) is 45.1 Å². The van der Waals surface area contributed by atoms with Crippen molar-refractivity contribution in [2.45, 2.75) is 32.8 Å². The Hall–Kier alpha value is -2.08. The number of aromatic nitrogens is 3. The molecule has 0 atom stereocenters. The van der Waals surface area contributed by atoms with Crippen molar-refractivity contribution in [1.29, 1.82) is 0 Å². The molecule has 0 aliphatic heterocycles. The summed E-state index contributed by atoms with van der Waals surface area (Å²) in [6.07, 6.45) is 5.50. The van der Waals surface area contributed by atoms with E-state index < -0.39 is 5.60 Å². The Kier molecular flexibility index (Phi) is 4.80. The van der Waals surface area contributed by atoms with Crippen LogP contribution < -0.4 is 0 Å². The fraction of sp³-hybridized carbons (Fsp3) is 0.333. The number of hydrogen-bond donors (Lipinski definition) is 0. The zero-order valence-corrected chi connectivity index (χ0v) is 13.1. The molecule has 2 rings (SSSR count). The highest BCUT2D eigenvalue weighted by Crippen LogP contribution is 2.15. The first kappa shape index (κ1) is 15.3. The maximum Gasteiger partial charge on any atom is 0.313 e. The van der Waals surface area contributed by atoms with Crippen molar-refractivity contribution in [2.75, 3.05) is 0 Å². The highest BCUT2D eigenvalue weighted by molar-refractivity contribution is 7.09. The fourth-order valence-corrected chi connectivity index (χ4v) is 2.30. The smallest absolute Gasteiger partial charge is 0.313 e. The molecule has 0 saturated carbocycles. The minimum atomic E-state index is -0.469. The lowest BCUT2D eigenvalue weighted by molar-refractivity contribution is -0.153. The molecule has 6 heteroatoms. The number of esters is 1. The summed E-state index contributed by atoms with van der Waals surface area (Å²) in [5.41, 5.74) is 1.09. The van der Waals surface area contributed by atoms with Gasteiger partial charge in [0.1, 0.15) is 10.6 Å². The van der Waals surface area contributed by atoms with E-state index >= 15 is 0 Å². The molecule has 0 N–H and O–H groups in total. The molecule has 2 heterocycles. The predicted octanol–water partition coefficient (Wildman–Crippen LogP) is 2.99. The van der Waals surface area contributed by atoms with E-state index in [2.05, 4.69) is 15.2 Å². The molecule has 5 nitrogen and oxygen atoms in total. The molecule has 0 bridgehead atoms. The molecule has 21 heavy (non-hydrogen) atoms. The van der Waals surface area contributed by atoms with Crippen molar-refractivity contribution >= 4 is 29.5 Å². The number of hydrogen-bond acceptors (Lipinski definition) is 6. The van der Waals surface area contributed by atoms with E-state index in [4.69, 9.17) is 4.74 Å². The van der Waals surface area contributed by atoms with Crippen LogP contribution in [0.15, 0.2) is 23.7 Å². The van der Waals surface area contributed by atoms with Crippen LogP contribution in [0.5, 0.6) is 0 Å². The van der Waals surface area contributed by atoms with Crippen LogP contribution in [0.25, 0.3) is 12.2 Å². The average Bonchev–Trinajstić information content (AvgIpc) is 2.83. The molecule has 110 valence electrons. The van der Waals surface area contributed by atoms with Crippen molar-refractivity contribution in [3.8, 4) is 0 Å². The first-order valence-electron chi connectivity index (χ1n) is 6.54. The second-order valence-electron chi connectivity index (χ2n) is 5.41. The Bertz CT molecular complexity index is 630. The molecule has 0 aromatic carbocycles. The number of carbonyl (C=O) groups excluding carboxylic acids is 1. The van der Waals surface area contributed by atoms with E-state index in [0.29, 0.717) is 0 Å². The molecule has 0 unspecified atom stereocenters. The third kappa shape index (κ3) is 5.43. The second-order valence-corrected chi connectivity index (χ2v) is 6.35. The standard InChI is InChI=1S/C15H17N3O2S/c1-15(2,3)20-14(19)9-13-17-12(10-21-13)7-6-11-5-4-8-16-18-11/h4-8,10H,9H2,1-3H3/b7-6+. The van der Waals surface area contributed by atoms with Crippen LogP contribution in [0.2, 0.25) is 0 Å². The van der Waals surface area contributed by atoms with Gasteiger partial charge in [0.25, 0.3) is 0 Å². The largest absolute Gasteiger partial charge is 0.460 e. The van der Waals surface area contributed by atoms with E-state index in [-0.39, 0.29) is 12.4 Å². The van der Waals surface area contributed by atoms with Crippen LogP contribution in [0.1, 0.15) is 37.2 Å². The first-order valence-corrected chi connectivity index (χ1v) is 7.42. The molecule has 0 aliphatic carbocycles. The minimum absolute atomic E-state index is 0.195. The maximum atomic E-state index is 11.7. The number of ether oxygens (including phenoxy) is 1. The lowest BCUT2D eigenvalue weighted by Gasteiger charge is -2.18. The molecular formula is C15H17N3O2S. The molecule has 0 radical (unpaired) electrons. The number of nitrogens with zero attached hydrogens (tertiary/aromatic N) is 3. The predicted molar refractivity (Wildman–Crippen MR) is 82.6 cm³/mol. The lowest BCUT2D eigenvalue weighted by atomic mass is 10.2. The van der Waals surface area contributed by atoms with Gasteiger partial charge in [-0.25, -0.2) is 4.98 Å². The summed E-state index contributed by atoms with van der Waals surface area (Å²) >= 11 is 1.44. The highest BCUT2D eigenvalue weighted by Gasteiger charge is 2.17. The summed E-state index contributed by atoms with van der Waals surface area (Å²) in [6, 6.07) is 3.68. The monoisotopic (exact) mass is 303 g/mol. The summed E-state index contributed by atoms with van der Waals surface area (Å²) in [5, 5.41) is 10.4. The van der Waals surface area contributed by atoms with Crippen LogP contribution in [-0.2, 0) is 16.0 Å². The minimum Gasteiger partial charge on any atom is -0.460 e. The van der Waals surface area contributed by atoms with Gasteiger partial charge < -0.3 is 4.74 Å². The van der Waals surface area contributed by atoms with E-state index in [1.54, 1.807) is 6.20 Å². The molecule has 2 aromatic rings. The highest BCUT2D eigenvalue weighted by atomic mass is 32.1. The summed E-state index contributed by atoms with van der Waals surface area (Å²) in [6.45, 7) is 5.55. The Morgan fingerprint density at radius 2 is 2.10 bits per heavy atom. The van der Waals surface area contributed by atoms with E-state index in [9.17, 15) is 4.79 Å². The summed E-state index contributed by atoms with van der Waals surface area (Å²) in [5.74, 6) is -0.263. The van der Waals surface area contributed by atoms with Gasteiger partial charge in [-0.2, -0.15) is 10.2 Å². The molecular weight excluding hydrogens is 286 g/mol. The third-order valence-electron chi connectivity index (χ3n) is 2.30. The Balaban J connectivity index is 1.96. The van der Waals surface area contributed by atoms with Crippen molar-refractivity contribution < 1.29 is 9.53 Å². The SMILES string of the molecule is CC(C)(C)OC(=O)Cc1nc(/C=C/c2cccnn2)cs1. The number of thiazole rings is 1. The summed E-state index contributed by atoms with van der Waals surface area (Å²) < 4.78 is 5.27. The van der Waals surface area contributed by atoms with Crippen LogP contribution in [-0.4, -0.2) is 26.8 Å². The van der Waals surface area contributed by atoms with Gasteiger partial charge in [0, 0.05) is 11.6 Å². The van der Waals surface area contributed by atoms with Gasteiger partial charge in [0.05, 0.1) is 17.8 Å². The van der Waals surface area contributed by atoms with Gasteiger partial charge in [0.2, 0.25) is 0 Å². The van der Waals surface area contributed by atoms with Gasteiger partial charge in [0.15, 0.2) is 0 Å². The lowest BCUT2D eigenvalue weighted by Crippen LogP contribution is -2.24. The van der Waals surface area contributed by atoms with Crippen molar-refractivity contribution in [3.05, 3.63) is 40.1 Å². The summed E-state index contributed by atoms with van der Waals surface area (Å²) in [7, 11) is 0. The molecule has 0 amide bonds. The molecule has 0 saturated heterocycles. The summed E-state index contributed by atoms with van der Waals surface area (Å²) in [4.78, 5) is 16.1. The Morgan fingerprint density at radius 1 is 1.33 bits per heavy atom. The second kappa shape index (κ2) is 6.58. The number of carbonyl (C=O) groups is 1. The van der Waals surface area contributed by atoms with E-state index in [1.165, 1.54) is 11.3 Å². The van der Waals surface area contributed by atoms with Crippen LogP contribution >= 0.6 is 11.3 Å². The molecule has 0 aliphatic rings. The van der Waals surface area contributed by atoms with Crippen LogP contribution in [0.3, 0.4) is 0 Å². The van der Waals surface area contributed by atoms with E-state index in [0.717, 1.165) is 16.4 Å². The zero-order chi connectivity index (χ0) is 15.3. The van der Waals surface area contributed by atoms with Crippen LogP contribution in [0.4, 0.5) is 0 Å². The normalized spacial score (nSPS) is 11.8. The first-order chi connectivity index (χ1) is 9.92. The molecule has 2 aromatic heterocycles. The van der Waals surface area contributed by atoms with Gasteiger partial charge in [-0.15, -0.1) is 11.3 Å². The average molecular weight is 303 g/mol. The van der Waals surface area contributed by atoms with Crippen LogP contribution in [0, 0.1) is 0 Å². The number of rotatable bonds is 4. The van der Waals surface area contributed by atoms with Gasteiger partial charge >= 0.3 is 5.97 Å². The van der Waals surface area contributed by atoms with Crippen molar-refractivity contribution in [1.82, 2.24) is 15.2 Å². The maximum absolute atomic E-state index is 11.7. The van der Waals surface area contributed by atoms with Crippen molar-refractivity contribution in [2.24, 2.45) is 0 Å². The fourth-order valence-electron chi connectivity index (χ4n) is 1.56. The quantitative estimate of drug-likeness (QED) is 0.812. The van der Waals surface area contributed by atoms with Crippen molar-refractivity contribution in [3.63, 3.8) is 0 Å². The third-order valence-corrected chi connectivity index (χ3v) is 3.17. The molecule has 0 spiro atoms. The van der Waals surface area contributed by atoms with E-state index in [1.807, 2.05) is 50.4 Å². The topological polar surface area (TPSA) is 65.0 Å². The molecule has 0 fully saturated rings. The van der Waals surface area contributed by atoms with Gasteiger partial charge in [-0.1, -0.05) is 0 Å². The Morgan fingerprint density at radius 3 is 2.76 bits per heavy atom. The van der Waals surface area contributed by atoms with Gasteiger partial charge in [-0.3, -0.25) is 4.79 Å².